The first-order valence-electron chi connectivity index (χ1n) is 8.75. The maximum absolute atomic E-state index is 12.9. The van der Waals surface area contributed by atoms with Gasteiger partial charge < -0.3 is 5.73 Å². The van der Waals surface area contributed by atoms with Crippen LogP contribution in [0.25, 0.3) is 16.6 Å². The van der Waals surface area contributed by atoms with Crippen LogP contribution in [0.4, 0.5) is 5.82 Å². The first-order valence-corrected chi connectivity index (χ1v) is 9.97. The lowest BCUT2D eigenvalue weighted by Crippen LogP contribution is -2.35. The van der Waals surface area contributed by atoms with Crippen molar-refractivity contribution in [2.75, 3.05) is 11.2 Å². The summed E-state index contributed by atoms with van der Waals surface area (Å²) in [6.07, 6.45) is 0. The second-order valence-corrected chi connectivity index (χ2v) is 8.16. The Kier molecular flexibility index (Phi) is 4.77. The summed E-state index contributed by atoms with van der Waals surface area (Å²) in [6.45, 7) is 3.54. The first kappa shape index (κ1) is 19.0. The molecule has 2 aromatic carbocycles. The van der Waals surface area contributed by atoms with Crippen LogP contribution in [0, 0.1) is 17.8 Å². The minimum atomic E-state index is -0.521. The molecule has 0 bridgehead atoms. The third-order valence-corrected chi connectivity index (χ3v) is 5.86. The monoisotopic (exact) mass is 423 g/mol. The molecule has 0 aliphatic carbocycles. The Morgan fingerprint density at radius 2 is 1.90 bits per heavy atom. The highest BCUT2D eigenvalue weighted by Gasteiger charge is 2.20. The van der Waals surface area contributed by atoms with Crippen LogP contribution < -0.4 is 16.7 Å². The van der Waals surface area contributed by atoms with E-state index in [9.17, 15) is 9.59 Å². The zero-order valence-electron chi connectivity index (χ0n) is 15.7. The number of carbonyl (C=O) groups excluding carboxylic acids is 1. The lowest BCUT2D eigenvalue weighted by molar-refractivity contribution is 0.101. The van der Waals surface area contributed by atoms with Crippen LogP contribution in [0.1, 0.15) is 21.1 Å². The van der Waals surface area contributed by atoms with E-state index in [0.717, 1.165) is 27.3 Å². The van der Waals surface area contributed by atoms with E-state index >= 15 is 0 Å². The van der Waals surface area contributed by atoms with Gasteiger partial charge in [0.1, 0.15) is 16.5 Å². The van der Waals surface area contributed by atoms with Gasteiger partial charge in [0.25, 0.3) is 11.5 Å². The molecule has 1 amide bonds. The summed E-state index contributed by atoms with van der Waals surface area (Å²) in [7, 11) is 0. The number of hydrogen-bond acceptors (Lipinski definition) is 6. The van der Waals surface area contributed by atoms with E-state index in [4.69, 9.17) is 18.0 Å². The topological polar surface area (TPSA) is 94.9 Å². The van der Waals surface area contributed by atoms with Crippen LogP contribution in [-0.2, 0) is 0 Å². The van der Waals surface area contributed by atoms with Gasteiger partial charge in [0, 0.05) is 5.69 Å². The fraction of sp³-hybridized carbons (Fsp3) is 0.100. The van der Waals surface area contributed by atoms with E-state index < -0.39 is 5.91 Å². The summed E-state index contributed by atoms with van der Waals surface area (Å²) in [5.74, 6) is 0.0654. The molecular formula is C20H17N5O2S2. The molecule has 0 atom stereocenters. The lowest BCUT2D eigenvalue weighted by Gasteiger charge is -2.12. The highest BCUT2D eigenvalue weighted by atomic mass is 32.1. The Bertz CT molecular complexity index is 1370. The van der Waals surface area contributed by atoms with Gasteiger partial charge in [0.15, 0.2) is 3.95 Å². The number of nitrogens with zero attached hydrogens (tertiary/aromatic N) is 3. The molecule has 2 heterocycles. The Balaban J connectivity index is 1.76. The van der Waals surface area contributed by atoms with Crippen LogP contribution in [0.5, 0.6) is 0 Å². The van der Waals surface area contributed by atoms with Gasteiger partial charge in [-0.2, -0.15) is 0 Å². The SMILES string of the molecule is Cc1ccc2nc(C)n(NC(=O)c3sc(=S)n(-c4ccccc4)c3N)c(=O)c2c1. The number of nitrogens with two attached hydrogens (primary N) is 1. The molecule has 0 saturated carbocycles. The van der Waals surface area contributed by atoms with E-state index in [1.165, 1.54) is 0 Å². The van der Waals surface area contributed by atoms with Crippen molar-refractivity contribution in [2.24, 2.45) is 0 Å². The van der Waals surface area contributed by atoms with E-state index in [1.54, 1.807) is 23.6 Å². The molecular weight excluding hydrogens is 406 g/mol. The zero-order valence-corrected chi connectivity index (χ0v) is 17.3. The molecule has 146 valence electrons. The van der Waals surface area contributed by atoms with Crippen LogP contribution in [0.2, 0.25) is 0 Å². The van der Waals surface area contributed by atoms with E-state index in [0.29, 0.717) is 20.7 Å². The molecule has 3 N–H and O–H groups in total. The Labute approximate surface area is 175 Å². The van der Waals surface area contributed by atoms with Gasteiger partial charge >= 0.3 is 0 Å². The quantitative estimate of drug-likeness (QED) is 0.491. The van der Waals surface area contributed by atoms with Crippen molar-refractivity contribution in [3.05, 3.63) is 79.1 Å². The van der Waals surface area contributed by atoms with Crippen molar-refractivity contribution in [3.63, 3.8) is 0 Å². The van der Waals surface area contributed by atoms with Gasteiger partial charge in [0.2, 0.25) is 0 Å². The molecule has 0 aliphatic heterocycles. The third-order valence-electron chi connectivity index (χ3n) is 4.47. The summed E-state index contributed by atoms with van der Waals surface area (Å²) < 4.78 is 3.21. The van der Waals surface area contributed by atoms with Gasteiger partial charge in [-0.05, 0) is 50.3 Å². The number of para-hydroxylation sites is 1. The number of anilines is 1. The molecule has 0 fully saturated rings. The van der Waals surface area contributed by atoms with E-state index in [1.807, 2.05) is 43.3 Å². The Morgan fingerprint density at radius 3 is 2.62 bits per heavy atom. The van der Waals surface area contributed by atoms with Gasteiger partial charge in [-0.15, -0.1) is 0 Å². The Morgan fingerprint density at radius 1 is 1.17 bits per heavy atom. The maximum atomic E-state index is 12.9. The standard InChI is InChI=1S/C20H17N5O2S2/c1-11-8-9-15-14(10-11)19(27)25(12(2)22-15)23-18(26)16-17(21)24(20(28)29-16)13-6-4-3-5-7-13/h3-10H,21H2,1-2H3,(H,23,26). The van der Waals surface area contributed by atoms with Crippen LogP contribution >= 0.6 is 23.6 Å². The van der Waals surface area contributed by atoms with Gasteiger partial charge in [0.05, 0.1) is 10.9 Å². The van der Waals surface area contributed by atoms with Crippen molar-refractivity contribution in [1.82, 2.24) is 14.2 Å². The predicted molar refractivity (Wildman–Crippen MR) is 118 cm³/mol. The smallest absolute Gasteiger partial charge is 0.284 e. The predicted octanol–water partition coefficient (Wildman–Crippen LogP) is 3.56. The molecule has 0 radical (unpaired) electrons. The molecule has 0 saturated heterocycles. The molecule has 4 aromatic rings. The van der Waals surface area contributed by atoms with Gasteiger partial charge in [-0.3, -0.25) is 19.6 Å². The fourth-order valence-electron chi connectivity index (χ4n) is 3.06. The molecule has 0 spiro atoms. The van der Waals surface area contributed by atoms with Crippen molar-refractivity contribution >= 4 is 46.2 Å². The lowest BCUT2D eigenvalue weighted by atomic mass is 10.2. The molecule has 0 aliphatic rings. The third kappa shape index (κ3) is 3.34. The van der Waals surface area contributed by atoms with E-state index in [-0.39, 0.29) is 16.3 Å². The number of aryl methyl sites for hydroxylation is 2. The number of rotatable bonds is 3. The highest BCUT2D eigenvalue weighted by Crippen LogP contribution is 2.26. The maximum Gasteiger partial charge on any atom is 0.284 e. The zero-order chi connectivity index (χ0) is 20.7. The number of fused-ring (bicyclic) bond motifs is 1. The Hall–Kier alpha value is -3.30. The van der Waals surface area contributed by atoms with E-state index in [2.05, 4.69) is 10.4 Å². The summed E-state index contributed by atoms with van der Waals surface area (Å²) in [6, 6.07) is 14.7. The van der Waals surface area contributed by atoms with Crippen molar-refractivity contribution in [2.45, 2.75) is 13.8 Å². The van der Waals surface area contributed by atoms with Crippen LogP contribution in [0.15, 0.2) is 53.3 Å². The van der Waals surface area contributed by atoms with Crippen molar-refractivity contribution in [1.29, 1.82) is 0 Å². The number of hydrogen-bond donors (Lipinski definition) is 2. The number of carbonyl (C=O) groups is 1. The molecule has 2 aromatic heterocycles. The number of nitrogen functional groups attached to an aromatic ring is 1. The molecule has 29 heavy (non-hydrogen) atoms. The van der Waals surface area contributed by atoms with Crippen LogP contribution in [0.3, 0.4) is 0 Å². The first-order chi connectivity index (χ1) is 13.9. The molecule has 4 rings (SSSR count). The fourth-order valence-corrected chi connectivity index (χ4v) is 4.32. The van der Waals surface area contributed by atoms with Crippen molar-refractivity contribution < 1.29 is 4.79 Å². The minimum Gasteiger partial charge on any atom is -0.383 e. The molecule has 0 unspecified atom stereocenters. The molecule has 7 nitrogen and oxygen atoms in total. The largest absolute Gasteiger partial charge is 0.383 e. The second-order valence-electron chi connectivity index (χ2n) is 6.51. The van der Waals surface area contributed by atoms with Crippen molar-refractivity contribution in [3.8, 4) is 5.69 Å². The number of amides is 1. The summed E-state index contributed by atoms with van der Waals surface area (Å²) >= 11 is 6.48. The minimum absolute atomic E-state index is 0.221. The average molecular weight is 424 g/mol. The summed E-state index contributed by atoms with van der Waals surface area (Å²) in [5.41, 5.74) is 10.8. The summed E-state index contributed by atoms with van der Waals surface area (Å²) in [4.78, 5) is 30.5. The number of nitrogens with one attached hydrogen (secondary N) is 1. The van der Waals surface area contributed by atoms with Crippen LogP contribution in [-0.4, -0.2) is 20.1 Å². The molecule has 9 heteroatoms. The number of aromatic nitrogens is 3. The number of benzene rings is 2. The second kappa shape index (κ2) is 7.26. The normalized spacial score (nSPS) is 11.0. The van der Waals surface area contributed by atoms with Gasteiger partial charge in [-0.25, -0.2) is 9.66 Å². The highest BCUT2D eigenvalue weighted by molar-refractivity contribution is 7.73. The van der Waals surface area contributed by atoms with Gasteiger partial charge in [-0.1, -0.05) is 41.2 Å². The summed E-state index contributed by atoms with van der Waals surface area (Å²) in [5, 5.41) is 0.429. The number of thiazole rings is 1. The average Bonchev–Trinajstić information content (AvgIpc) is 3.00.